The maximum absolute atomic E-state index is 12.7. The standard InChI is InChI=1S/C23H23N5O4/c1-14-6-7-15(18-13-28-9-5-8-24-22(28)26-18)10-17(14)27-23(29)25-16-11-19(30-2)21(32-4)20(12-16)31-3/h5-13H,1-4H3,(H2,25,27,29). The highest BCUT2D eigenvalue weighted by atomic mass is 16.5. The number of methoxy groups -OCH3 is 3. The molecule has 2 heterocycles. The maximum atomic E-state index is 12.7. The number of ether oxygens (including phenoxy) is 3. The van der Waals surface area contributed by atoms with E-state index < -0.39 is 6.03 Å². The van der Waals surface area contributed by atoms with E-state index in [0.717, 1.165) is 16.8 Å². The number of imidazole rings is 1. The summed E-state index contributed by atoms with van der Waals surface area (Å²) in [6.07, 6.45) is 5.48. The van der Waals surface area contributed by atoms with Crippen molar-refractivity contribution in [3.05, 3.63) is 60.6 Å². The lowest BCUT2D eigenvalue weighted by molar-refractivity contribution is 0.262. The molecule has 2 N–H and O–H groups in total. The van der Waals surface area contributed by atoms with Gasteiger partial charge in [-0.25, -0.2) is 14.8 Å². The Balaban J connectivity index is 1.56. The largest absolute Gasteiger partial charge is 0.493 e. The quantitative estimate of drug-likeness (QED) is 0.468. The monoisotopic (exact) mass is 433 g/mol. The number of aromatic nitrogens is 3. The van der Waals surface area contributed by atoms with Crippen LogP contribution in [0, 0.1) is 6.92 Å². The number of anilines is 2. The Labute approximate surface area is 185 Å². The smallest absolute Gasteiger partial charge is 0.323 e. The maximum Gasteiger partial charge on any atom is 0.323 e. The van der Waals surface area contributed by atoms with E-state index in [9.17, 15) is 4.79 Å². The van der Waals surface area contributed by atoms with Crippen molar-refractivity contribution in [2.45, 2.75) is 6.92 Å². The zero-order valence-electron chi connectivity index (χ0n) is 18.2. The second kappa shape index (κ2) is 8.84. The van der Waals surface area contributed by atoms with Crippen LogP contribution >= 0.6 is 0 Å². The van der Waals surface area contributed by atoms with Gasteiger partial charge in [-0.05, 0) is 24.6 Å². The summed E-state index contributed by atoms with van der Waals surface area (Å²) in [6, 6.07) is 10.5. The molecule has 0 atom stereocenters. The highest BCUT2D eigenvalue weighted by molar-refractivity contribution is 6.01. The van der Waals surface area contributed by atoms with E-state index in [4.69, 9.17) is 14.2 Å². The number of rotatable bonds is 6. The number of hydrogen-bond donors (Lipinski definition) is 2. The molecule has 0 bridgehead atoms. The third-order valence-electron chi connectivity index (χ3n) is 4.94. The number of urea groups is 1. The molecular formula is C23H23N5O4. The molecule has 2 aromatic heterocycles. The Morgan fingerprint density at radius 2 is 1.75 bits per heavy atom. The highest BCUT2D eigenvalue weighted by Gasteiger charge is 2.15. The Hall–Kier alpha value is -4.27. The number of carbonyl (C=O) groups is 1. The van der Waals surface area contributed by atoms with Crippen molar-refractivity contribution in [3.8, 4) is 28.5 Å². The van der Waals surface area contributed by atoms with Gasteiger partial charge in [0.2, 0.25) is 11.5 Å². The topological polar surface area (TPSA) is 99.0 Å². The normalized spacial score (nSPS) is 10.6. The van der Waals surface area contributed by atoms with E-state index >= 15 is 0 Å². The summed E-state index contributed by atoms with van der Waals surface area (Å²) in [4.78, 5) is 21.5. The van der Waals surface area contributed by atoms with Crippen LogP contribution in [0.5, 0.6) is 17.2 Å². The summed E-state index contributed by atoms with van der Waals surface area (Å²) in [5.41, 5.74) is 3.70. The lowest BCUT2D eigenvalue weighted by atomic mass is 10.1. The third-order valence-corrected chi connectivity index (χ3v) is 4.94. The van der Waals surface area contributed by atoms with Gasteiger partial charge in [0.25, 0.3) is 0 Å². The van der Waals surface area contributed by atoms with Gasteiger partial charge in [-0.15, -0.1) is 0 Å². The Morgan fingerprint density at radius 3 is 2.41 bits per heavy atom. The van der Waals surface area contributed by atoms with Gasteiger partial charge in [-0.3, -0.25) is 4.40 Å². The van der Waals surface area contributed by atoms with E-state index in [-0.39, 0.29) is 0 Å². The van der Waals surface area contributed by atoms with Crippen molar-refractivity contribution >= 4 is 23.2 Å². The third kappa shape index (κ3) is 4.13. The summed E-state index contributed by atoms with van der Waals surface area (Å²) in [5.74, 6) is 1.95. The van der Waals surface area contributed by atoms with Crippen LogP contribution < -0.4 is 24.8 Å². The van der Waals surface area contributed by atoms with Crippen molar-refractivity contribution in [2.75, 3.05) is 32.0 Å². The average molecular weight is 433 g/mol. The van der Waals surface area contributed by atoms with Gasteiger partial charge in [0, 0.05) is 42.0 Å². The van der Waals surface area contributed by atoms with Gasteiger partial charge in [-0.2, -0.15) is 0 Å². The minimum atomic E-state index is -0.406. The molecule has 0 fully saturated rings. The van der Waals surface area contributed by atoms with E-state index in [0.29, 0.717) is 34.4 Å². The number of benzene rings is 2. The van der Waals surface area contributed by atoms with Gasteiger partial charge in [-0.1, -0.05) is 12.1 Å². The summed E-state index contributed by atoms with van der Waals surface area (Å²) < 4.78 is 17.8. The number of amides is 2. The molecule has 164 valence electrons. The first-order valence-corrected chi connectivity index (χ1v) is 9.81. The van der Waals surface area contributed by atoms with Crippen LogP contribution in [0.1, 0.15) is 5.56 Å². The van der Waals surface area contributed by atoms with Crippen LogP contribution in [0.15, 0.2) is 55.0 Å². The summed E-state index contributed by atoms with van der Waals surface area (Å²) in [7, 11) is 4.56. The molecule has 0 aliphatic rings. The second-order valence-corrected chi connectivity index (χ2v) is 6.98. The van der Waals surface area contributed by atoms with Crippen LogP contribution in [-0.4, -0.2) is 41.7 Å². The molecule has 0 aliphatic carbocycles. The summed E-state index contributed by atoms with van der Waals surface area (Å²) >= 11 is 0. The first kappa shape index (κ1) is 21.0. The second-order valence-electron chi connectivity index (χ2n) is 6.98. The van der Waals surface area contributed by atoms with Crippen molar-refractivity contribution in [3.63, 3.8) is 0 Å². The van der Waals surface area contributed by atoms with Crippen molar-refractivity contribution in [1.82, 2.24) is 14.4 Å². The van der Waals surface area contributed by atoms with Gasteiger partial charge >= 0.3 is 6.03 Å². The van der Waals surface area contributed by atoms with E-state index in [1.807, 2.05) is 48.0 Å². The predicted octanol–water partition coefficient (Wildman–Crippen LogP) is 4.37. The fourth-order valence-corrected chi connectivity index (χ4v) is 3.32. The van der Waals surface area contributed by atoms with Crippen LogP contribution in [0.25, 0.3) is 17.0 Å². The Kier molecular flexibility index (Phi) is 5.80. The first-order valence-electron chi connectivity index (χ1n) is 9.81. The molecule has 0 radical (unpaired) electrons. The van der Waals surface area contributed by atoms with Gasteiger partial charge < -0.3 is 24.8 Å². The number of nitrogens with zero attached hydrogens (tertiary/aromatic N) is 3. The van der Waals surface area contributed by atoms with E-state index in [1.54, 1.807) is 18.3 Å². The fraction of sp³-hybridized carbons (Fsp3) is 0.174. The first-order chi connectivity index (χ1) is 15.5. The highest BCUT2D eigenvalue weighted by Crippen LogP contribution is 2.40. The number of aryl methyl sites for hydroxylation is 1. The van der Waals surface area contributed by atoms with E-state index in [2.05, 4.69) is 20.6 Å². The van der Waals surface area contributed by atoms with E-state index in [1.165, 1.54) is 21.3 Å². The molecule has 0 saturated heterocycles. The van der Waals surface area contributed by atoms with Gasteiger partial charge in [0.1, 0.15) is 0 Å². The Morgan fingerprint density at radius 1 is 1.00 bits per heavy atom. The Bertz CT molecular complexity index is 1230. The number of carbonyl (C=O) groups excluding carboxylic acids is 1. The van der Waals surface area contributed by atoms with Gasteiger partial charge in [0.05, 0.1) is 32.7 Å². The molecule has 9 heteroatoms. The summed E-state index contributed by atoms with van der Waals surface area (Å²) in [5, 5.41) is 5.70. The number of fused-ring (bicyclic) bond motifs is 1. The average Bonchev–Trinajstić information content (AvgIpc) is 3.24. The minimum Gasteiger partial charge on any atom is -0.493 e. The predicted molar refractivity (Wildman–Crippen MR) is 122 cm³/mol. The van der Waals surface area contributed by atoms with Gasteiger partial charge in [0.15, 0.2) is 11.5 Å². The van der Waals surface area contributed by atoms with Crippen molar-refractivity contribution in [1.29, 1.82) is 0 Å². The van der Waals surface area contributed by atoms with Crippen LogP contribution in [-0.2, 0) is 0 Å². The molecule has 32 heavy (non-hydrogen) atoms. The molecule has 0 aliphatic heterocycles. The number of hydrogen-bond acceptors (Lipinski definition) is 6. The van der Waals surface area contributed by atoms with Crippen molar-refractivity contribution < 1.29 is 19.0 Å². The molecule has 2 amide bonds. The minimum absolute atomic E-state index is 0.406. The molecule has 0 unspecified atom stereocenters. The lowest BCUT2D eigenvalue weighted by Crippen LogP contribution is -2.20. The lowest BCUT2D eigenvalue weighted by Gasteiger charge is -2.15. The molecule has 4 aromatic rings. The van der Waals surface area contributed by atoms with Crippen LogP contribution in [0.4, 0.5) is 16.2 Å². The molecule has 0 saturated carbocycles. The zero-order valence-corrected chi connectivity index (χ0v) is 18.2. The molecule has 4 rings (SSSR count). The number of nitrogens with one attached hydrogen (secondary N) is 2. The van der Waals surface area contributed by atoms with Crippen LogP contribution in [0.2, 0.25) is 0 Å². The molecule has 9 nitrogen and oxygen atoms in total. The molecule has 0 spiro atoms. The van der Waals surface area contributed by atoms with Crippen LogP contribution in [0.3, 0.4) is 0 Å². The molecule has 2 aromatic carbocycles. The van der Waals surface area contributed by atoms with Crippen molar-refractivity contribution in [2.24, 2.45) is 0 Å². The fourth-order valence-electron chi connectivity index (χ4n) is 3.32. The summed E-state index contributed by atoms with van der Waals surface area (Å²) in [6.45, 7) is 1.92. The zero-order chi connectivity index (χ0) is 22.7. The SMILES string of the molecule is COc1cc(NC(=O)Nc2cc(-c3cn4cccnc4n3)ccc2C)cc(OC)c1OC. The molecular weight excluding hydrogens is 410 g/mol.